The number of hydrogen-bond donors (Lipinski definition) is 1. The Morgan fingerprint density at radius 2 is 1.88 bits per heavy atom. The van der Waals surface area contributed by atoms with E-state index < -0.39 is 0 Å². The Morgan fingerprint density at radius 1 is 1.19 bits per heavy atom. The zero-order valence-electron chi connectivity index (χ0n) is 10.6. The predicted octanol–water partition coefficient (Wildman–Crippen LogP) is 3.54. The van der Waals surface area contributed by atoms with Gasteiger partial charge in [0, 0.05) is 6.04 Å². The summed E-state index contributed by atoms with van der Waals surface area (Å²) in [6.45, 7) is 5.53. The summed E-state index contributed by atoms with van der Waals surface area (Å²) in [4.78, 5) is 0. The molecule has 0 saturated carbocycles. The van der Waals surface area contributed by atoms with Gasteiger partial charge in [-0.2, -0.15) is 0 Å². The van der Waals surface area contributed by atoms with Crippen LogP contribution in [-0.4, -0.2) is 13.7 Å². The van der Waals surface area contributed by atoms with E-state index in [2.05, 4.69) is 31.3 Å². The van der Waals surface area contributed by atoms with Crippen molar-refractivity contribution in [3.63, 3.8) is 0 Å². The molecular formula is C14H23NO. The van der Waals surface area contributed by atoms with Crippen molar-refractivity contribution in [3.8, 4) is 5.75 Å². The molecule has 0 aliphatic carbocycles. The normalized spacial score (nSPS) is 12.4. The van der Waals surface area contributed by atoms with E-state index in [1.807, 2.05) is 12.1 Å². The molecule has 0 aliphatic rings. The van der Waals surface area contributed by atoms with Crippen LogP contribution in [0.2, 0.25) is 0 Å². The summed E-state index contributed by atoms with van der Waals surface area (Å²) in [5.74, 6) is 0.918. The summed E-state index contributed by atoms with van der Waals surface area (Å²) < 4.78 is 5.14. The lowest BCUT2D eigenvalue weighted by atomic mass is 10.1. The number of benzene rings is 1. The van der Waals surface area contributed by atoms with Gasteiger partial charge in [0.25, 0.3) is 0 Å². The van der Waals surface area contributed by atoms with Crippen LogP contribution in [-0.2, 0) is 0 Å². The molecule has 0 bridgehead atoms. The first kappa shape index (κ1) is 13.0. The summed E-state index contributed by atoms with van der Waals surface area (Å²) in [6, 6.07) is 8.69. The van der Waals surface area contributed by atoms with Crippen LogP contribution in [0, 0.1) is 0 Å². The number of ether oxygens (including phenoxy) is 1. The summed E-state index contributed by atoms with van der Waals surface area (Å²) >= 11 is 0. The van der Waals surface area contributed by atoms with E-state index in [1.54, 1.807) is 7.11 Å². The fraction of sp³-hybridized carbons (Fsp3) is 0.571. The third-order valence-corrected chi connectivity index (χ3v) is 2.85. The van der Waals surface area contributed by atoms with Crippen molar-refractivity contribution in [2.75, 3.05) is 13.7 Å². The second-order valence-corrected chi connectivity index (χ2v) is 4.16. The molecule has 0 unspecified atom stereocenters. The molecule has 0 amide bonds. The van der Waals surface area contributed by atoms with Crippen LogP contribution in [0.5, 0.6) is 5.75 Å². The van der Waals surface area contributed by atoms with E-state index in [0.29, 0.717) is 6.04 Å². The van der Waals surface area contributed by atoms with Crippen LogP contribution in [0.1, 0.15) is 44.7 Å². The lowest BCUT2D eigenvalue weighted by Crippen LogP contribution is -2.19. The lowest BCUT2D eigenvalue weighted by molar-refractivity contribution is 0.414. The van der Waals surface area contributed by atoms with Crippen molar-refractivity contribution >= 4 is 0 Å². The molecular weight excluding hydrogens is 198 g/mol. The smallest absolute Gasteiger partial charge is 0.118 e. The van der Waals surface area contributed by atoms with Gasteiger partial charge in [-0.1, -0.05) is 31.9 Å². The van der Waals surface area contributed by atoms with Crippen molar-refractivity contribution in [1.82, 2.24) is 5.32 Å². The van der Waals surface area contributed by atoms with Gasteiger partial charge in [-0.3, -0.25) is 0 Å². The summed E-state index contributed by atoms with van der Waals surface area (Å²) in [5, 5.41) is 3.53. The maximum absolute atomic E-state index is 5.14. The van der Waals surface area contributed by atoms with Gasteiger partial charge in [0.1, 0.15) is 5.75 Å². The van der Waals surface area contributed by atoms with Gasteiger partial charge in [0.2, 0.25) is 0 Å². The van der Waals surface area contributed by atoms with Crippen molar-refractivity contribution in [2.24, 2.45) is 0 Å². The molecule has 2 nitrogen and oxygen atoms in total. The molecule has 0 fully saturated rings. The molecule has 1 rings (SSSR count). The van der Waals surface area contributed by atoms with Gasteiger partial charge in [-0.15, -0.1) is 0 Å². The number of nitrogens with one attached hydrogen (secondary N) is 1. The van der Waals surface area contributed by atoms with E-state index >= 15 is 0 Å². The SMILES string of the molecule is CCCCCN[C@H](C)c1ccc(OC)cc1. The molecule has 0 saturated heterocycles. The Morgan fingerprint density at radius 3 is 2.44 bits per heavy atom. The van der Waals surface area contributed by atoms with Crippen molar-refractivity contribution < 1.29 is 4.74 Å². The fourth-order valence-electron chi connectivity index (χ4n) is 1.70. The standard InChI is InChI=1S/C14H23NO/c1-4-5-6-11-15-12(2)13-7-9-14(16-3)10-8-13/h7-10,12,15H,4-6,11H2,1-3H3/t12-/m1/s1. The van der Waals surface area contributed by atoms with Crippen LogP contribution in [0.4, 0.5) is 0 Å². The molecule has 1 aromatic rings. The first-order valence-corrected chi connectivity index (χ1v) is 6.15. The van der Waals surface area contributed by atoms with E-state index in [1.165, 1.54) is 24.8 Å². The quantitative estimate of drug-likeness (QED) is 0.711. The molecule has 0 radical (unpaired) electrons. The van der Waals surface area contributed by atoms with E-state index in [0.717, 1.165) is 12.3 Å². The second-order valence-electron chi connectivity index (χ2n) is 4.16. The maximum atomic E-state index is 5.14. The fourth-order valence-corrected chi connectivity index (χ4v) is 1.70. The minimum atomic E-state index is 0.419. The van der Waals surface area contributed by atoms with E-state index in [9.17, 15) is 0 Å². The van der Waals surface area contributed by atoms with Crippen LogP contribution >= 0.6 is 0 Å². The highest BCUT2D eigenvalue weighted by molar-refractivity contribution is 5.28. The molecule has 16 heavy (non-hydrogen) atoms. The predicted molar refractivity (Wildman–Crippen MR) is 68.9 cm³/mol. The molecule has 1 N–H and O–H groups in total. The third kappa shape index (κ3) is 4.23. The molecule has 2 heteroatoms. The summed E-state index contributed by atoms with van der Waals surface area (Å²) in [7, 11) is 1.70. The highest BCUT2D eigenvalue weighted by Crippen LogP contribution is 2.17. The van der Waals surface area contributed by atoms with Gasteiger partial charge >= 0.3 is 0 Å². The molecule has 0 aromatic heterocycles. The van der Waals surface area contributed by atoms with Crippen molar-refractivity contribution in [1.29, 1.82) is 0 Å². The second kappa shape index (κ2) is 7.29. The average Bonchev–Trinajstić information content (AvgIpc) is 2.34. The minimum Gasteiger partial charge on any atom is -0.497 e. The highest BCUT2D eigenvalue weighted by atomic mass is 16.5. The van der Waals surface area contributed by atoms with Crippen LogP contribution in [0.3, 0.4) is 0 Å². The third-order valence-electron chi connectivity index (χ3n) is 2.85. The molecule has 0 spiro atoms. The zero-order valence-corrected chi connectivity index (χ0v) is 10.6. The molecule has 1 atom stereocenters. The maximum Gasteiger partial charge on any atom is 0.118 e. The Hall–Kier alpha value is -1.02. The van der Waals surface area contributed by atoms with E-state index in [4.69, 9.17) is 4.74 Å². The monoisotopic (exact) mass is 221 g/mol. The topological polar surface area (TPSA) is 21.3 Å². The molecule has 1 aromatic carbocycles. The molecule has 0 aliphatic heterocycles. The average molecular weight is 221 g/mol. The Balaban J connectivity index is 2.37. The summed E-state index contributed by atoms with van der Waals surface area (Å²) in [6.07, 6.45) is 3.85. The molecule has 0 heterocycles. The van der Waals surface area contributed by atoms with E-state index in [-0.39, 0.29) is 0 Å². The molecule has 90 valence electrons. The van der Waals surface area contributed by atoms with Crippen LogP contribution < -0.4 is 10.1 Å². The largest absolute Gasteiger partial charge is 0.497 e. The minimum absolute atomic E-state index is 0.419. The first-order valence-electron chi connectivity index (χ1n) is 6.15. The lowest BCUT2D eigenvalue weighted by Gasteiger charge is -2.14. The first-order chi connectivity index (χ1) is 7.77. The van der Waals surface area contributed by atoms with Crippen LogP contribution in [0.25, 0.3) is 0 Å². The highest BCUT2D eigenvalue weighted by Gasteiger charge is 2.03. The Bertz CT molecular complexity index is 281. The zero-order chi connectivity index (χ0) is 11.8. The van der Waals surface area contributed by atoms with Gasteiger partial charge in [-0.05, 0) is 37.6 Å². The van der Waals surface area contributed by atoms with Gasteiger partial charge < -0.3 is 10.1 Å². The number of rotatable bonds is 7. The van der Waals surface area contributed by atoms with Crippen molar-refractivity contribution in [2.45, 2.75) is 39.2 Å². The van der Waals surface area contributed by atoms with Gasteiger partial charge in [0.05, 0.1) is 7.11 Å². The Labute approximate surface area is 99.0 Å². The number of unbranched alkanes of at least 4 members (excludes halogenated alkanes) is 2. The summed E-state index contributed by atoms with van der Waals surface area (Å²) in [5.41, 5.74) is 1.32. The number of methoxy groups -OCH3 is 1. The van der Waals surface area contributed by atoms with Gasteiger partial charge in [0.15, 0.2) is 0 Å². The van der Waals surface area contributed by atoms with Crippen molar-refractivity contribution in [3.05, 3.63) is 29.8 Å². The Kier molecular flexibility index (Phi) is 5.94. The van der Waals surface area contributed by atoms with Crippen LogP contribution in [0.15, 0.2) is 24.3 Å². The van der Waals surface area contributed by atoms with Gasteiger partial charge in [-0.25, -0.2) is 0 Å². The number of hydrogen-bond acceptors (Lipinski definition) is 2.